The molecule has 0 atom stereocenters. The minimum Gasteiger partial charge on any atom is -0.495 e. The number of anilines is 1. The fraction of sp³-hybridized carbons (Fsp3) is 0.125. The zero-order chi connectivity index (χ0) is 20.9. The maximum atomic E-state index is 12.0. The summed E-state index contributed by atoms with van der Waals surface area (Å²) in [5.74, 6) is -1.32. The Morgan fingerprint density at radius 3 is 2.54 bits per heavy atom. The Hall–Kier alpha value is -3.51. The maximum Gasteiger partial charge on any atom is 0.270 e. The number of nitro benzene ring substituents is 1. The Morgan fingerprint density at radius 2 is 1.93 bits per heavy atom. The quantitative estimate of drug-likeness (QED) is 0.445. The normalized spacial score (nSPS) is 10.8. The molecule has 0 aromatic heterocycles. The van der Waals surface area contributed by atoms with Crippen LogP contribution in [0.4, 0.5) is 11.4 Å². The van der Waals surface area contributed by atoms with Crippen LogP contribution in [0.5, 0.6) is 5.75 Å². The molecule has 0 aliphatic carbocycles. The summed E-state index contributed by atoms with van der Waals surface area (Å²) in [6.07, 6.45) is 0. The van der Waals surface area contributed by atoms with E-state index < -0.39 is 33.3 Å². The van der Waals surface area contributed by atoms with Crippen molar-refractivity contribution in [3.05, 3.63) is 58.1 Å². The molecule has 12 heteroatoms. The first-order valence-electron chi connectivity index (χ1n) is 7.65. The number of carbonyl (C=O) groups is 2. The monoisotopic (exact) mass is 408 g/mol. The van der Waals surface area contributed by atoms with Gasteiger partial charge in [-0.2, -0.15) is 0 Å². The average Bonchev–Trinajstić information content (AvgIpc) is 2.65. The number of nitrogens with zero attached hydrogens (tertiary/aromatic N) is 1. The van der Waals surface area contributed by atoms with Gasteiger partial charge in [0.1, 0.15) is 10.6 Å². The summed E-state index contributed by atoms with van der Waals surface area (Å²) in [5.41, 5.74) is -0.117. The van der Waals surface area contributed by atoms with Crippen LogP contribution in [0.1, 0.15) is 10.4 Å². The molecule has 148 valence electrons. The van der Waals surface area contributed by atoms with Gasteiger partial charge in [-0.05, 0) is 24.3 Å². The number of methoxy groups -OCH3 is 1. The van der Waals surface area contributed by atoms with Crippen molar-refractivity contribution in [2.75, 3.05) is 19.0 Å². The van der Waals surface area contributed by atoms with Gasteiger partial charge in [0.2, 0.25) is 15.9 Å². The van der Waals surface area contributed by atoms with E-state index in [-0.39, 0.29) is 27.6 Å². The highest BCUT2D eigenvalue weighted by Crippen LogP contribution is 2.26. The summed E-state index contributed by atoms with van der Waals surface area (Å²) >= 11 is 0. The molecule has 0 aliphatic rings. The van der Waals surface area contributed by atoms with Gasteiger partial charge in [-0.15, -0.1) is 0 Å². The van der Waals surface area contributed by atoms with Crippen molar-refractivity contribution in [1.29, 1.82) is 0 Å². The molecule has 0 bridgehead atoms. The van der Waals surface area contributed by atoms with Crippen molar-refractivity contribution in [2.24, 2.45) is 5.14 Å². The van der Waals surface area contributed by atoms with Gasteiger partial charge < -0.3 is 15.4 Å². The highest BCUT2D eigenvalue weighted by atomic mass is 32.2. The lowest BCUT2D eigenvalue weighted by atomic mass is 10.2. The maximum absolute atomic E-state index is 12.0. The van der Waals surface area contributed by atoms with Crippen molar-refractivity contribution in [1.82, 2.24) is 5.32 Å². The van der Waals surface area contributed by atoms with Crippen LogP contribution in [0.2, 0.25) is 0 Å². The number of nitrogens with one attached hydrogen (secondary N) is 2. The number of nitrogens with two attached hydrogens (primary N) is 1. The number of carbonyl (C=O) groups excluding carboxylic acids is 2. The molecule has 0 radical (unpaired) electrons. The van der Waals surface area contributed by atoms with Crippen LogP contribution in [0, 0.1) is 10.1 Å². The average molecular weight is 408 g/mol. The second-order valence-electron chi connectivity index (χ2n) is 5.45. The minimum atomic E-state index is -4.08. The Bertz CT molecular complexity index is 1040. The number of benzene rings is 2. The van der Waals surface area contributed by atoms with Crippen LogP contribution in [0.25, 0.3) is 0 Å². The van der Waals surface area contributed by atoms with E-state index in [9.17, 15) is 28.1 Å². The minimum absolute atomic E-state index is 0.0134. The number of hydrogen-bond donors (Lipinski definition) is 3. The first kappa shape index (κ1) is 20.8. The summed E-state index contributed by atoms with van der Waals surface area (Å²) < 4.78 is 28.1. The van der Waals surface area contributed by atoms with Crippen LogP contribution in [0.15, 0.2) is 47.4 Å². The second kappa shape index (κ2) is 8.45. The van der Waals surface area contributed by atoms with E-state index in [1.165, 1.54) is 37.4 Å². The van der Waals surface area contributed by atoms with E-state index in [4.69, 9.17) is 9.88 Å². The van der Waals surface area contributed by atoms with Gasteiger partial charge in [0, 0.05) is 23.4 Å². The molecular weight excluding hydrogens is 392 g/mol. The summed E-state index contributed by atoms with van der Waals surface area (Å²) in [4.78, 5) is 33.8. The van der Waals surface area contributed by atoms with Gasteiger partial charge in [-0.3, -0.25) is 19.7 Å². The summed E-state index contributed by atoms with van der Waals surface area (Å²) in [7, 11) is -2.81. The molecule has 2 amide bonds. The molecule has 28 heavy (non-hydrogen) atoms. The van der Waals surface area contributed by atoms with E-state index in [2.05, 4.69) is 10.6 Å². The highest BCUT2D eigenvalue weighted by Gasteiger charge is 2.17. The number of sulfonamides is 1. The molecule has 0 unspecified atom stereocenters. The first-order valence-corrected chi connectivity index (χ1v) is 9.20. The Balaban J connectivity index is 2.04. The van der Waals surface area contributed by atoms with Gasteiger partial charge >= 0.3 is 0 Å². The number of amides is 2. The third kappa shape index (κ3) is 5.25. The Kier molecular flexibility index (Phi) is 6.28. The zero-order valence-electron chi connectivity index (χ0n) is 14.5. The molecule has 2 aromatic rings. The fourth-order valence-electron chi connectivity index (χ4n) is 2.21. The smallest absolute Gasteiger partial charge is 0.270 e. The molecule has 2 aromatic carbocycles. The van der Waals surface area contributed by atoms with Gasteiger partial charge in [-0.1, -0.05) is 6.07 Å². The molecule has 0 aliphatic heterocycles. The molecule has 0 fully saturated rings. The number of non-ortho nitro benzene ring substituents is 1. The van der Waals surface area contributed by atoms with Crippen LogP contribution in [0.3, 0.4) is 0 Å². The summed E-state index contributed by atoms with van der Waals surface area (Å²) in [5, 5.41) is 20.6. The van der Waals surface area contributed by atoms with Gasteiger partial charge in [0.05, 0.1) is 18.6 Å². The van der Waals surface area contributed by atoms with Gasteiger partial charge in [0.25, 0.3) is 11.6 Å². The summed E-state index contributed by atoms with van der Waals surface area (Å²) in [6.45, 7) is -0.446. The predicted octanol–water partition coefficient (Wildman–Crippen LogP) is 0.619. The molecule has 0 heterocycles. The highest BCUT2D eigenvalue weighted by molar-refractivity contribution is 7.89. The molecule has 2 rings (SSSR count). The van der Waals surface area contributed by atoms with E-state index in [1.807, 2.05) is 0 Å². The van der Waals surface area contributed by atoms with Crippen molar-refractivity contribution in [3.8, 4) is 5.75 Å². The van der Waals surface area contributed by atoms with Crippen molar-refractivity contribution >= 4 is 33.2 Å². The largest absolute Gasteiger partial charge is 0.495 e. The predicted molar refractivity (Wildman–Crippen MR) is 98.4 cm³/mol. The first-order chi connectivity index (χ1) is 13.1. The van der Waals surface area contributed by atoms with Gasteiger partial charge in [0.15, 0.2) is 0 Å². The molecule has 0 saturated carbocycles. The Morgan fingerprint density at radius 1 is 1.21 bits per heavy atom. The number of primary sulfonamides is 1. The molecule has 0 saturated heterocycles. The van der Waals surface area contributed by atoms with Gasteiger partial charge in [-0.25, -0.2) is 13.6 Å². The lowest BCUT2D eigenvalue weighted by Gasteiger charge is -2.11. The summed E-state index contributed by atoms with van der Waals surface area (Å²) in [6, 6.07) is 8.85. The SMILES string of the molecule is COc1ccc(NC(=O)CNC(=O)c2cccc([N+](=O)[O-])c2)cc1S(N)(=O)=O. The van der Waals surface area contributed by atoms with E-state index in [1.54, 1.807) is 0 Å². The van der Waals surface area contributed by atoms with E-state index in [0.717, 1.165) is 12.1 Å². The molecule has 11 nitrogen and oxygen atoms in total. The topological polar surface area (TPSA) is 171 Å². The lowest BCUT2D eigenvalue weighted by molar-refractivity contribution is -0.384. The van der Waals surface area contributed by atoms with Crippen LogP contribution < -0.4 is 20.5 Å². The van der Waals surface area contributed by atoms with Crippen molar-refractivity contribution in [2.45, 2.75) is 4.90 Å². The van der Waals surface area contributed by atoms with Crippen molar-refractivity contribution in [3.63, 3.8) is 0 Å². The third-order valence-electron chi connectivity index (χ3n) is 3.48. The number of rotatable bonds is 7. The van der Waals surface area contributed by atoms with Crippen LogP contribution >= 0.6 is 0 Å². The van der Waals surface area contributed by atoms with E-state index >= 15 is 0 Å². The number of ether oxygens (including phenoxy) is 1. The van der Waals surface area contributed by atoms with Crippen LogP contribution in [-0.2, 0) is 14.8 Å². The Labute approximate surface area is 159 Å². The number of hydrogen-bond acceptors (Lipinski definition) is 7. The lowest BCUT2D eigenvalue weighted by Crippen LogP contribution is -2.32. The third-order valence-corrected chi connectivity index (χ3v) is 4.41. The van der Waals surface area contributed by atoms with Crippen LogP contribution in [-0.4, -0.2) is 38.8 Å². The number of nitro groups is 1. The van der Waals surface area contributed by atoms with Crippen molar-refractivity contribution < 1.29 is 27.7 Å². The zero-order valence-corrected chi connectivity index (χ0v) is 15.4. The van der Waals surface area contributed by atoms with E-state index in [0.29, 0.717) is 0 Å². The molecule has 0 spiro atoms. The fourth-order valence-corrected chi connectivity index (χ4v) is 2.93. The molecular formula is C16H16N4O7S. The second-order valence-corrected chi connectivity index (χ2v) is 6.98. The standard InChI is InChI=1S/C16H16N4O7S/c1-27-13-6-5-11(8-14(13)28(17,25)26)19-15(21)9-18-16(22)10-3-2-4-12(7-10)20(23)24/h2-8H,9H2,1H3,(H,18,22)(H,19,21)(H2,17,25,26). The molecule has 4 N–H and O–H groups in total.